The SMILES string of the molecule is OC1(c2ccc(-c3ccc4ncc(-c5ccc(C6(O)CCC6)cc5)n4c3)cc2)CCC1. The molecular formula is C27H26N2O2. The summed E-state index contributed by atoms with van der Waals surface area (Å²) in [5.41, 5.74) is 6.01. The molecule has 2 heterocycles. The maximum atomic E-state index is 10.6. The second kappa shape index (κ2) is 6.78. The Morgan fingerprint density at radius 2 is 1.16 bits per heavy atom. The van der Waals surface area contributed by atoms with Crippen LogP contribution < -0.4 is 0 Å². The smallest absolute Gasteiger partial charge is 0.137 e. The van der Waals surface area contributed by atoms with E-state index in [0.29, 0.717) is 0 Å². The van der Waals surface area contributed by atoms with Gasteiger partial charge in [0.2, 0.25) is 0 Å². The van der Waals surface area contributed by atoms with Gasteiger partial charge >= 0.3 is 0 Å². The molecule has 0 amide bonds. The van der Waals surface area contributed by atoms with E-state index in [0.717, 1.165) is 77.7 Å². The molecule has 4 nitrogen and oxygen atoms in total. The molecule has 4 aromatic rings. The number of aromatic nitrogens is 2. The summed E-state index contributed by atoms with van der Waals surface area (Å²) in [6.07, 6.45) is 9.62. The number of hydrogen-bond acceptors (Lipinski definition) is 3. The molecule has 0 spiro atoms. The van der Waals surface area contributed by atoms with Gasteiger partial charge in [-0.2, -0.15) is 0 Å². The highest BCUT2D eigenvalue weighted by molar-refractivity contribution is 5.69. The predicted molar refractivity (Wildman–Crippen MR) is 122 cm³/mol. The normalized spacial score (nSPS) is 19.0. The van der Waals surface area contributed by atoms with Crippen LogP contribution in [0.25, 0.3) is 28.0 Å². The van der Waals surface area contributed by atoms with Crippen LogP contribution in [0, 0.1) is 0 Å². The number of imidazole rings is 1. The molecular weight excluding hydrogens is 384 g/mol. The molecule has 0 radical (unpaired) electrons. The van der Waals surface area contributed by atoms with Crippen LogP contribution in [0.4, 0.5) is 0 Å². The van der Waals surface area contributed by atoms with Gasteiger partial charge in [0.1, 0.15) is 5.65 Å². The first-order chi connectivity index (χ1) is 15.0. The average molecular weight is 411 g/mol. The van der Waals surface area contributed by atoms with Crippen LogP contribution in [-0.2, 0) is 11.2 Å². The highest BCUT2D eigenvalue weighted by Crippen LogP contribution is 2.42. The van der Waals surface area contributed by atoms with Crippen LogP contribution >= 0.6 is 0 Å². The van der Waals surface area contributed by atoms with E-state index in [-0.39, 0.29) is 0 Å². The van der Waals surface area contributed by atoms with Gasteiger partial charge in [0.25, 0.3) is 0 Å². The van der Waals surface area contributed by atoms with Crippen molar-refractivity contribution in [1.82, 2.24) is 9.38 Å². The number of fused-ring (bicyclic) bond motifs is 1. The number of hydrogen-bond donors (Lipinski definition) is 2. The first kappa shape index (κ1) is 18.8. The Hall–Kier alpha value is -2.95. The lowest BCUT2D eigenvalue weighted by Gasteiger charge is -2.37. The monoisotopic (exact) mass is 410 g/mol. The maximum Gasteiger partial charge on any atom is 0.137 e. The molecule has 2 aliphatic rings. The Morgan fingerprint density at radius 3 is 1.68 bits per heavy atom. The lowest BCUT2D eigenvalue weighted by atomic mass is 9.75. The average Bonchev–Trinajstić information content (AvgIpc) is 3.19. The van der Waals surface area contributed by atoms with E-state index >= 15 is 0 Å². The van der Waals surface area contributed by atoms with Gasteiger partial charge in [-0.05, 0) is 72.9 Å². The van der Waals surface area contributed by atoms with Crippen molar-refractivity contribution in [3.05, 3.63) is 84.2 Å². The van der Waals surface area contributed by atoms with Gasteiger partial charge in [0.15, 0.2) is 0 Å². The highest BCUT2D eigenvalue weighted by Gasteiger charge is 2.36. The van der Waals surface area contributed by atoms with Crippen molar-refractivity contribution in [3.63, 3.8) is 0 Å². The zero-order chi connectivity index (χ0) is 21.1. The van der Waals surface area contributed by atoms with E-state index in [4.69, 9.17) is 0 Å². The number of benzene rings is 2. The fourth-order valence-electron chi connectivity index (χ4n) is 4.89. The van der Waals surface area contributed by atoms with Crippen LogP contribution in [0.2, 0.25) is 0 Å². The predicted octanol–water partition coefficient (Wildman–Crippen LogP) is 5.41. The molecule has 0 unspecified atom stereocenters. The summed E-state index contributed by atoms with van der Waals surface area (Å²) in [5, 5.41) is 21.2. The molecule has 6 rings (SSSR count). The Bertz CT molecular complexity index is 1250. The minimum Gasteiger partial charge on any atom is -0.385 e. The van der Waals surface area contributed by atoms with Crippen molar-refractivity contribution in [2.24, 2.45) is 0 Å². The Morgan fingerprint density at radius 1 is 0.645 bits per heavy atom. The van der Waals surface area contributed by atoms with Crippen molar-refractivity contribution in [1.29, 1.82) is 0 Å². The lowest BCUT2D eigenvalue weighted by Crippen LogP contribution is -2.33. The van der Waals surface area contributed by atoms with Crippen LogP contribution in [0.1, 0.15) is 49.7 Å². The topological polar surface area (TPSA) is 57.8 Å². The molecule has 2 saturated carbocycles. The number of aliphatic hydroxyl groups is 2. The molecule has 2 aromatic heterocycles. The summed E-state index contributed by atoms with van der Waals surface area (Å²) in [5.74, 6) is 0. The largest absolute Gasteiger partial charge is 0.385 e. The molecule has 2 aromatic carbocycles. The summed E-state index contributed by atoms with van der Waals surface area (Å²) in [4.78, 5) is 4.57. The maximum absolute atomic E-state index is 10.6. The standard InChI is InChI=1S/C27H26N2O2/c30-26(13-1-14-26)22-8-3-19(4-9-22)21-7-12-25-28-17-24(29(25)18-21)20-5-10-23(11-6-20)27(31)15-2-16-27/h3-12,17-18,30-31H,1-2,13-16H2. The molecule has 0 saturated heterocycles. The minimum atomic E-state index is -0.635. The van der Waals surface area contributed by atoms with Crippen LogP contribution in [-0.4, -0.2) is 19.6 Å². The minimum absolute atomic E-state index is 0.626. The molecule has 2 fully saturated rings. The van der Waals surface area contributed by atoms with Gasteiger partial charge in [-0.15, -0.1) is 0 Å². The van der Waals surface area contributed by atoms with Crippen molar-refractivity contribution >= 4 is 5.65 Å². The van der Waals surface area contributed by atoms with E-state index in [1.54, 1.807) is 0 Å². The molecule has 0 atom stereocenters. The van der Waals surface area contributed by atoms with Crippen LogP contribution in [0.3, 0.4) is 0 Å². The first-order valence-electron chi connectivity index (χ1n) is 11.2. The molecule has 2 aliphatic carbocycles. The second-order valence-corrected chi connectivity index (χ2v) is 9.21. The van der Waals surface area contributed by atoms with Gasteiger partial charge in [0, 0.05) is 11.8 Å². The molecule has 31 heavy (non-hydrogen) atoms. The fraction of sp³-hybridized carbons (Fsp3) is 0.296. The third-order valence-electron chi connectivity index (χ3n) is 7.34. The van der Waals surface area contributed by atoms with Crippen LogP contribution in [0.5, 0.6) is 0 Å². The summed E-state index contributed by atoms with van der Waals surface area (Å²) in [6.45, 7) is 0. The Kier molecular flexibility index (Phi) is 4.11. The van der Waals surface area contributed by atoms with Gasteiger partial charge in [-0.25, -0.2) is 4.98 Å². The molecule has 0 aliphatic heterocycles. The summed E-state index contributed by atoms with van der Waals surface area (Å²) < 4.78 is 2.12. The fourth-order valence-corrected chi connectivity index (χ4v) is 4.89. The lowest BCUT2D eigenvalue weighted by molar-refractivity contribution is -0.0391. The van der Waals surface area contributed by atoms with E-state index in [1.807, 2.05) is 24.4 Å². The molecule has 156 valence electrons. The molecule has 2 N–H and O–H groups in total. The van der Waals surface area contributed by atoms with Crippen LogP contribution in [0.15, 0.2) is 73.1 Å². The van der Waals surface area contributed by atoms with Crippen molar-refractivity contribution in [2.75, 3.05) is 0 Å². The highest BCUT2D eigenvalue weighted by atomic mass is 16.3. The second-order valence-electron chi connectivity index (χ2n) is 9.21. The zero-order valence-corrected chi connectivity index (χ0v) is 17.5. The van der Waals surface area contributed by atoms with Gasteiger partial charge in [0.05, 0.1) is 23.1 Å². The van der Waals surface area contributed by atoms with E-state index in [2.05, 4.69) is 58.0 Å². The summed E-state index contributed by atoms with van der Waals surface area (Å²) >= 11 is 0. The third-order valence-corrected chi connectivity index (χ3v) is 7.34. The first-order valence-corrected chi connectivity index (χ1v) is 11.2. The number of pyridine rings is 1. The number of nitrogens with zero attached hydrogens (tertiary/aromatic N) is 2. The summed E-state index contributed by atoms with van der Waals surface area (Å²) in [7, 11) is 0. The van der Waals surface area contributed by atoms with E-state index < -0.39 is 11.2 Å². The molecule has 4 heteroatoms. The quantitative estimate of drug-likeness (QED) is 0.473. The van der Waals surface area contributed by atoms with E-state index in [9.17, 15) is 10.2 Å². The zero-order valence-electron chi connectivity index (χ0n) is 17.5. The van der Waals surface area contributed by atoms with Crippen molar-refractivity contribution < 1.29 is 10.2 Å². The third kappa shape index (κ3) is 3.01. The van der Waals surface area contributed by atoms with E-state index in [1.165, 1.54) is 0 Å². The van der Waals surface area contributed by atoms with Crippen molar-refractivity contribution in [3.8, 4) is 22.4 Å². The van der Waals surface area contributed by atoms with Crippen molar-refractivity contribution in [2.45, 2.75) is 49.7 Å². The Labute approximate surface area is 181 Å². The summed E-state index contributed by atoms with van der Waals surface area (Å²) in [6, 6.07) is 20.7. The molecule has 0 bridgehead atoms. The number of rotatable bonds is 4. The van der Waals surface area contributed by atoms with Gasteiger partial charge < -0.3 is 10.2 Å². The Balaban J connectivity index is 1.34. The van der Waals surface area contributed by atoms with Gasteiger partial charge in [-0.1, -0.05) is 48.5 Å². The van der Waals surface area contributed by atoms with Gasteiger partial charge in [-0.3, -0.25) is 4.40 Å².